The van der Waals surface area contributed by atoms with Gasteiger partial charge in [-0.15, -0.1) is 0 Å². The van der Waals surface area contributed by atoms with Crippen molar-refractivity contribution in [1.29, 1.82) is 0 Å². The zero-order valence-electron chi connectivity index (χ0n) is 12.9. The summed E-state index contributed by atoms with van der Waals surface area (Å²) in [7, 11) is 1.65. The maximum absolute atomic E-state index is 5.31. The summed E-state index contributed by atoms with van der Waals surface area (Å²) < 4.78 is 10.4. The van der Waals surface area contributed by atoms with E-state index in [4.69, 9.17) is 9.26 Å². The molecule has 0 radical (unpaired) electrons. The number of methoxy groups -OCH3 is 1. The number of aryl methyl sites for hydroxylation is 1. The Bertz CT molecular complexity index is 537. The second-order valence-electron chi connectivity index (χ2n) is 5.13. The van der Waals surface area contributed by atoms with Crippen LogP contribution in [0.15, 0.2) is 28.8 Å². The zero-order chi connectivity index (χ0) is 15.1. The third-order valence-corrected chi connectivity index (χ3v) is 3.35. The Morgan fingerprint density at radius 1 is 1.29 bits per heavy atom. The van der Waals surface area contributed by atoms with Gasteiger partial charge in [0.15, 0.2) is 0 Å². The van der Waals surface area contributed by atoms with Crippen LogP contribution in [0.3, 0.4) is 0 Å². The average Bonchev–Trinajstić information content (AvgIpc) is 3.00. The first-order valence-electron chi connectivity index (χ1n) is 7.43. The van der Waals surface area contributed by atoms with E-state index in [2.05, 4.69) is 29.3 Å². The highest BCUT2D eigenvalue weighted by molar-refractivity contribution is 5.55. The average molecular weight is 289 g/mol. The molecule has 21 heavy (non-hydrogen) atoms. The smallest absolute Gasteiger partial charge is 0.227 e. The first kappa shape index (κ1) is 15.5. The summed E-state index contributed by atoms with van der Waals surface area (Å²) >= 11 is 0. The molecule has 1 unspecified atom stereocenters. The van der Waals surface area contributed by atoms with Crippen molar-refractivity contribution in [2.75, 3.05) is 13.7 Å². The highest BCUT2D eigenvalue weighted by Crippen LogP contribution is 2.20. The van der Waals surface area contributed by atoms with E-state index in [1.165, 1.54) is 0 Å². The van der Waals surface area contributed by atoms with Gasteiger partial charge in [0.05, 0.1) is 7.11 Å². The SMILES string of the molecule is CCCNC(C)CCc1nc(-c2ccc(OC)cc2)no1. The van der Waals surface area contributed by atoms with Crippen molar-refractivity contribution in [3.63, 3.8) is 0 Å². The van der Waals surface area contributed by atoms with Crippen molar-refractivity contribution < 1.29 is 9.26 Å². The van der Waals surface area contributed by atoms with E-state index < -0.39 is 0 Å². The number of hydrogen-bond donors (Lipinski definition) is 1. The Balaban J connectivity index is 1.91. The molecule has 2 rings (SSSR count). The van der Waals surface area contributed by atoms with Gasteiger partial charge >= 0.3 is 0 Å². The normalized spacial score (nSPS) is 12.3. The first-order valence-corrected chi connectivity index (χ1v) is 7.43. The van der Waals surface area contributed by atoms with Crippen LogP contribution in [0.4, 0.5) is 0 Å². The van der Waals surface area contributed by atoms with Gasteiger partial charge in [0.1, 0.15) is 5.75 Å². The Hall–Kier alpha value is -1.88. The summed E-state index contributed by atoms with van der Waals surface area (Å²) in [6.45, 7) is 5.39. The molecule has 0 saturated heterocycles. The molecule has 1 aromatic heterocycles. The molecule has 0 aliphatic heterocycles. The topological polar surface area (TPSA) is 60.2 Å². The van der Waals surface area contributed by atoms with Gasteiger partial charge in [-0.05, 0) is 50.6 Å². The Kier molecular flexibility index (Phi) is 5.75. The van der Waals surface area contributed by atoms with E-state index in [-0.39, 0.29) is 0 Å². The number of rotatable bonds is 8. The summed E-state index contributed by atoms with van der Waals surface area (Å²) in [6, 6.07) is 8.10. The van der Waals surface area contributed by atoms with Crippen molar-refractivity contribution in [2.45, 2.75) is 39.2 Å². The summed E-state index contributed by atoms with van der Waals surface area (Å²) in [4.78, 5) is 4.44. The van der Waals surface area contributed by atoms with E-state index in [9.17, 15) is 0 Å². The highest BCUT2D eigenvalue weighted by atomic mass is 16.5. The van der Waals surface area contributed by atoms with E-state index in [1.807, 2.05) is 24.3 Å². The predicted octanol–water partition coefficient (Wildman–Crippen LogP) is 3.07. The lowest BCUT2D eigenvalue weighted by Crippen LogP contribution is -2.27. The van der Waals surface area contributed by atoms with E-state index in [0.717, 1.165) is 37.1 Å². The van der Waals surface area contributed by atoms with Crippen LogP contribution < -0.4 is 10.1 Å². The molecule has 0 saturated carbocycles. The lowest BCUT2D eigenvalue weighted by atomic mass is 10.2. The fraction of sp³-hybridized carbons (Fsp3) is 0.500. The molecule has 2 aromatic rings. The van der Waals surface area contributed by atoms with Crippen molar-refractivity contribution in [2.24, 2.45) is 0 Å². The first-order chi connectivity index (χ1) is 10.2. The van der Waals surface area contributed by atoms with Crippen molar-refractivity contribution >= 4 is 0 Å². The molecule has 1 aromatic carbocycles. The molecule has 0 amide bonds. The van der Waals surface area contributed by atoms with Gasteiger partial charge in [-0.1, -0.05) is 12.1 Å². The molecular weight excluding hydrogens is 266 g/mol. The van der Waals surface area contributed by atoms with Gasteiger partial charge in [0.25, 0.3) is 0 Å². The van der Waals surface area contributed by atoms with Crippen molar-refractivity contribution in [1.82, 2.24) is 15.5 Å². The number of benzene rings is 1. The van der Waals surface area contributed by atoms with E-state index in [0.29, 0.717) is 17.8 Å². The van der Waals surface area contributed by atoms with Crippen LogP contribution in [-0.4, -0.2) is 29.8 Å². The van der Waals surface area contributed by atoms with Crippen LogP contribution >= 0.6 is 0 Å². The van der Waals surface area contributed by atoms with Crippen molar-refractivity contribution in [3.05, 3.63) is 30.2 Å². The largest absolute Gasteiger partial charge is 0.497 e. The van der Waals surface area contributed by atoms with Gasteiger partial charge in [-0.25, -0.2) is 0 Å². The van der Waals surface area contributed by atoms with Crippen LogP contribution in [-0.2, 0) is 6.42 Å². The fourth-order valence-corrected chi connectivity index (χ4v) is 2.05. The Morgan fingerprint density at radius 2 is 2.05 bits per heavy atom. The highest BCUT2D eigenvalue weighted by Gasteiger charge is 2.10. The minimum Gasteiger partial charge on any atom is -0.497 e. The molecule has 5 heteroatoms. The minimum atomic E-state index is 0.460. The Morgan fingerprint density at radius 3 is 2.71 bits per heavy atom. The molecule has 0 aliphatic carbocycles. The van der Waals surface area contributed by atoms with Crippen LogP contribution in [0.2, 0.25) is 0 Å². The van der Waals surface area contributed by atoms with Gasteiger partial charge in [-0.3, -0.25) is 0 Å². The molecule has 1 heterocycles. The minimum absolute atomic E-state index is 0.460. The lowest BCUT2D eigenvalue weighted by molar-refractivity contribution is 0.367. The van der Waals surface area contributed by atoms with Gasteiger partial charge in [-0.2, -0.15) is 4.98 Å². The monoisotopic (exact) mass is 289 g/mol. The second-order valence-corrected chi connectivity index (χ2v) is 5.13. The van der Waals surface area contributed by atoms with Crippen LogP contribution in [0.5, 0.6) is 5.75 Å². The molecular formula is C16H23N3O2. The van der Waals surface area contributed by atoms with Gasteiger partial charge < -0.3 is 14.6 Å². The number of aromatic nitrogens is 2. The third-order valence-electron chi connectivity index (χ3n) is 3.35. The molecule has 1 N–H and O–H groups in total. The van der Waals surface area contributed by atoms with Gasteiger partial charge in [0.2, 0.25) is 11.7 Å². The molecule has 0 fully saturated rings. The number of ether oxygens (including phenoxy) is 1. The number of nitrogens with zero attached hydrogens (tertiary/aromatic N) is 2. The maximum Gasteiger partial charge on any atom is 0.227 e. The second kappa shape index (κ2) is 7.78. The van der Waals surface area contributed by atoms with Crippen LogP contribution in [0.1, 0.15) is 32.6 Å². The van der Waals surface area contributed by atoms with E-state index in [1.54, 1.807) is 7.11 Å². The molecule has 0 spiro atoms. The molecule has 114 valence electrons. The third kappa shape index (κ3) is 4.56. The predicted molar refractivity (Wildman–Crippen MR) is 82.4 cm³/mol. The summed E-state index contributed by atoms with van der Waals surface area (Å²) in [5.41, 5.74) is 0.933. The fourth-order valence-electron chi connectivity index (χ4n) is 2.05. The van der Waals surface area contributed by atoms with Crippen LogP contribution in [0, 0.1) is 0 Å². The summed E-state index contributed by atoms with van der Waals surface area (Å²) in [5.74, 6) is 2.13. The molecule has 5 nitrogen and oxygen atoms in total. The van der Waals surface area contributed by atoms with Crippen molar-refractivity contribution in [3.8, 4) is 17.1 Å². The number of hydrogen-bond acceptors (Lipinski definition) is 5. The lowest BCUT2D eigenvalue weighted by Gasteiger charge is -2.10. The molecule has 0 aliphatic rings. The quantitative estimate of drug-likeness (QED) is 0.809. The Labute approximate surface area is 125 Å². The number of nitrogens with one attached hydrogen (secondary N) is 1. The standard InChI is InChI=1S/C16H23N3O2/c1-4-11-17-12(2)5-10-15-18-16(19-21-15)13-6-8-14(20-3)9-7-13/h6-9,12,17H,4-5,10-11H2,1-3H3. The maximum atomic E-state index is 5.31. The van der Waals surface area contributed by atoms with E-state index >= 15 is 0 Å². The van der Waals surface area contributed by atoms with Gasteiger partial charge in [0, 0.05) is 18.0 Å². The molecule has 1 atom stereocenters. The van der Waals surface area contributed by atoms with Crippen LogP contribution in [0.25, 0.3) is 11.4 Å². The summed E-state index contributed by atoms with van der Waals surface area (Å²) in [6.07, 6.45) is 2.93. The summed E-state index contributed by atoms with van der Waals surface area (Å²) in [5, 5.41) is 7.48. The molecule has 0 bridgehead atoms. The zero-order valence-corrected chi connectivity index (χ0v) is 12.9.